The molecule has 1 aromatic rings. The maximum atomic E-state index is 12.5. The molecule has 1 heterocycles. The lowest BCUT2D eigenvalue weighted by atomic mass is 10.1. The second-order valence-corrected chi connectivity index (χ2v) is 5.76. The first-order valence-electron chi connectivity index (χ1n) is 7.82. The molecule has 1 fully saturated rings. The highest BCUT2D eigenvalue weighted by Crippen LogP contribution is 2.30. The SMILES string of the molecule is CCC(C)N1CC(C(=O)Nc2cc(OC)ccc2OC)CC1=O. The first-order valence-corrected chi connectivity index (χ1v) is 7.82. The van der Waals surface area contributed by atoms with Crippen molar-refractivity contribution >= 4 is 17.5 Å². The number of anilines is 1. The molecule has 2 amide bonds. The van der Waals surface area contributed by atoms with E-state index in [9.17, 15) is 9.59 Å². The number of rotatable bonds is 6. The van der Waals surface area contributed by atoms with Gasteiger partial charge >= 0.3 is 0 Å². The van der Waals surface area contributed by atoms with Gasteiger partial charge in [-0.05, 0) is 25.5 Å². The molecule has 1 N–H and O–H groups in total. The summed E-state index contributed by atoms with van der Waals surface area (Å²) >= 11 is 0. The van der Waals surface area contributed by atoms with Gasteiger partial charge in [0.1, 0.15) is 11.5 Å². The van der Waals surface area contributed by atoms with Crippen molar-refractivity contribution in [3.05, 3.63) is 18.2 Å². The Kier molecular flexibility index (Phi) is 5.47. The fourth-order valence-electron chi connectivity index (χ4n) is 2.70. The van der Waals surface area contributed by atoms with E-state index in [0.717, 1.165) is 6.42 Å². The quantitative estimate of drug-likeness (QED) is 0.873. The number of methoxy groups -OCH3 is 2. The van der Waals surface area contributed by atoms with Gasteiger partial charge in [-0.1, -0.05) is 6.92 Å². The van der Waals surface area contributed by atoms with E-state index in [4.69, 9.17) is 9.47 Å². The van der Waals surface area contributed by atoms with Gasteiger partial charge in [-0.15, -0.1) is 0 Å². The molecule has 2 atom stereocenters. The monoisotopic (exact) mass is 320 g/mol. The van der Waals surface area contributed by atoms with Crippen LogP contribution in [0.4, 0.5) is 5.69 Å². The number of nitrogens with zero attached hydrogens (tertiary/aromatic N) is 1. The maximum Gasteiger partial charge on any atom is 0.229 e. The summed E-state index contributed by atoms with van der Waals surface area (Å²) in [4.78, 5) is 26.3. The van der Waals surface area contributed by atoms with Gasteiger partial charge in [0.2, 0.25) is 11.8 Å². The van der Waals surface area contributed by atoms with Gasteiger partial charge in [-0.25, -0.2) is 0 Å². The minimum atomic E-state index is -0.340. The lowest BCUT2D eigenvalue weighted by molar-refractivity contribution is -0.129. The van der Waals surface area contributed by atoms with Crippen molar-refractivity contribution in [2.24, 2.45) is 5.92 Å². The summed E-state index contributed by atoms with van der Waals surface area (Å²) in [6.45, 7) is 4.50. The molecule has 0 aromatic heterocycles. The van der Waals surface area contributed by atoms with Gasteiger partial charge < -0.3 is 19.7 Å². The summed E-state index contributed by atoms with van der Waals surface area (Å²) in [5.74, 6) is 0.715. The first kappa shape index (κ1) is 17.1. The van der Waals surface area contributed by atoms with Crippen molar-refractivity contribution in [2.75, 3.05) is 26.1 Å². The Labute approximate surface area is 136 Å². The Morgan fingerprint density at radius 1 is 1.39 bits per heavy atom. The van der Waals surface area contributed by atoms with Crippen LogP contribution in [0.1, 0.15) is 26.7 Å². The molecule has 2 unspecified atom stereocenters. The Hall–Kier alpha value is -2.24. The van der Waals surface area contributed by atoms with Crippen LogP contribution in [0.3, 0.4) is 0 Å². The van der Waals surface area contributed by atoms with Gasteiger partial charge in [0, 0.05) is 25.1 Å². The maximum absolute atomic E-state index is 12.5. The van der Waals surface area contributed by atoms with Crippen molar-refractivity contribution < 1.29 is 19.1 Å². The van der Waals surface area contributed by atoms with E-state index >= 15 is 0 Å². The van der Waals surface area contributed by atoms with E-state index in [1.165, 1.54) is 0 Å². The largest absolute Gasteiger partial charge is 0.497 e. The van der Waals surface area contributed by atoms with Crippen molar-refractivity contribution in [1.82, 2.24) is 4.90 Å². The predicted octanol–water partition coefficient (Wildman–Crippen LogP) is 2.29. The molecule has 1 aromatic carbocycles. The fourth-order valence-corrected chi connectivity index (χ4v) is 2.70. The number of nitrogens with one attached hydrogen (secondary N) is 1. The highest BCUT2D eigenvalue weighted by atomic mass is 16.5. The minimum absolute atomic E-state index is 0.0390. The molecule has 23 heavy (non-hydrogen) atoms. The average molecular weight is 320 g/mol. The summed E-state index contributed by atoms with van der Waals surface area (Å²) in [5.41, 5.74) is 0.547. The molecule has 1 aliphatic heterocycles. The molecule has 0 radical (unpaired) electrons. The van der Waals surface area contributed by atoms with Crippen molar-refractivity contribution in [3.63, 3.8) is 0 Å². The molecule has 0 saturated carbocycles. The Bertz CT molecular complexity index is 588. The molecular weight excluding hydrogens is 296 g/mol. The Morgan fingerprint density at radius 3 is 2.74 bits per heavy atom. The summed E-state index contributed by atoms with van der Waals surface area (Å²) in [6, 6.07) is 5.37. The number of carbonyl (C=O) groups excluding carboxylic acids is 2. The first-order chi connectivity index (χ1) is 11.0. The van der Waals surface area contributed by atoms with Crippen molar-refractivity contribution in [2.45, 2.75) is 32.7 Å². The van der Waals surface area contributed by atoms with Crippen molar-refractivity contribution in [3.8, 4) is 11.5 Å². The summed E-state index contributed by atoms with van der Waals surface area (Å²) in [5, 5.41) is 2.85. The zero-order valence-corrected chi connectivity index (χ0v) is 14.1. The second kappa shape index (κ2) is 7.35. The van der Waals surface area contributed by atoms with E-state index in [-0.39, 0.29) is 30.2 Å². The fraction of sp³-hybridized carbons (Fsp3) is 0.529. The average Bonchev–Trinajstić information content (AvgIpc) is 2.96. The molecule has 6 nitrogen and oxygen atoms in total. The topological polar surface area (TPSA) is 67.9 Å². The van der Waals surface area contributed by atoms with Crippen LogP contribution in [0, 0.1) is 5.92 Å². The van der Waals surface area contributed by atoms with Gasteiger partial charge in [-0.2, -0.15) is 0 Å². The van der Waals surface area contributed by atoms with E-state index in [1.54, 1.807) is 37.3 Å². The van der Waals surface area contributed by atoms with Crippen LogP contribution in [0.15, 0.2) is 18.2 Å². The van der Waals surface area contributed by atoms with Crippen LogP contribution in [0.2, 0.25) is 0 Å². The lowest BCUT2D eigenvalue weighted by Gasteiger charge is -2.23. The number of ether oxygens (including phenoxy) is 2. The smallest absolute Gasteiger partial charge is 0.229 e. The zero-order valence-electron chi connectivity index (χ0n) is 14.1. The third-order valence-electron chi connectivity index (χ3n) is 4.32. The molecular formula is C17H24N2O4. The molecule has 126 valence electrons. The van der Waals surface area contributed by atoms with E-state index < -0.39 is 0 Å². The highest BCUT2D eigenvalue weighted by molar-refractivity contribution is 5.98. The molecule has 6 heteroatoms. The molecule has 1 aliphatic rings. The number of likely N-dealkylation sites (tertiary alicyclic amines) is 1. The number of amides is 2. The van der Waals surface area contributed by atoms with Crippen LogP contribution >= 0.6 is 0 Å². The Morgan fingerprint density at radius 2 is 2.13 bits per heavy atom. The molecule has 0 aliphatic carbocycles. The minimum Gasteiger partial charge on any atom is -0.497 e. The summed E-state index contributed by atoms with van der Waals surface area (Å²) in [6.07, 6.45) is 1.13. The number of hydrogen-bond donors (Lipinski definition) is 1. The standard InChI is InChI=1S/C17H24N2O4/c1-5-11(2)19-10-12(8-16(19)20)17(21)18-14-9-13(22-3)6-7-15(14)23-4/h6-7,9,11-12H,5,8,10H2,1-4H3,(H,18,21). The normalized spacial score (nSPS) is 18.7. The summed E-state index contributed by atoms with van der Waals surface area (Å²) in [7, 11) is 3.11. The summed E-state index contributed by atoms with van der Waals surface area (Å²) < 4.78 is 10.4. The number of benzene rings is 1. The van der Waals surface area contributed by atoms with Gasteiger partial charge in [0.15, 0.2) is 0 Å². The number of hydrogen-bond acceptors (Lipinski definition) is 4. The third kappa shape index (κ3) is 3.75. The Balaban J connectivity index is 2.09. The van der Waals surface area contributed by atoms with E-state index in [2.05, 4.69) is 5.32 Å². The van der Waals surface area contributed by atoms with Gasteiger partial charge in [0.25, 0.3) is 0 Å². The lowest BCUT2D eigenvalue weighted by Crippen LogP contribution is -2.35. The molecule has 2 rings (SSSR count). The predicted molar refractivity (Wildman–Crippen MR) is 87.7 cm³/mol. The third-order valence-corrected chi connectivity index (χ3v) is 4.32. The molecule has 1 saturated heterocycles. The van der Waals surface area contributed by atoms with Crippen LogP contribution in [-0.2, 0) is 9.59 Å². The van der Waals surface area contributed by atoms with Crippen LogP contribution in [-0.4, -0.2) is 43.5 Å². The highest BCUT2D eigenvalue weighted by Gasteiger charge is 2.36. The molecule has 0 spiro atoms. The van der Waals surface area contributed by atoms with Crippen LogP contribution in [0.5, 0.6) is 11.5 Å². The molecule has 0 bridgehead atoms. The number of carbonyl (C=O) groups is 2. The van der Waals surface area contributed by atoms with Gasteiger partial charge in [0.05, 0.1) is 25.8 Å². The van der Waals surface area contributed by atoms with Crippen LogP contribution < -0.4 is 14.8 Å². The zero-order chi connectivity index (χ0) is 17.0. The van der Waals surface area contributed by atoms with Crippen LogP contribution in [0.25, 0.3) is 0 Å². The van der Waals surface area contributed by atoms with Crippen molar-refractivity contribution in [1.29, 1.82) is 0 Å². The van der Waals surface area contributed by atoms with E-state index in [0.29, 0.717) is 23.7 Å². The second-order valence-electron chi connectivity index (χ2n) is 5.76. The van der Waals surface area contributed by atoms with E-state index in [1.807, 2.05) is 13.8 Å². The van der Waals surface area contributed by atoms with Gasteiger partial charge in [-0.3, -0.25) is 9.59 Å².